The summed E-state index contributed by atoms with van der Waals surface area (Å²) in [5.74, 6) is -2.37. The molecule has 32 heavy (non-hydrogen) atoms. The summed E-state index contributed by atoms with van der Waals surface area (Å²) < 4.78 is 59.0. The molecule has 3 aromatic rings. The average molecular weight is 481 g/mol. The minimum absolute atomic E-state index is 0.0242. The second-order valence-corrected chi connectivity index (χ2v) is 10.9. The number of fused-ring (bicyclic) bond motifs is 1. The van der Waals surface area contributed by atoms with Crippen LogP contribution in [0.4, 0.5) is 13.9 Å². The van der Waals surface area contributed by atoms with Gasteiger partial charge in [0.2, 0.25) is 5.91 Å². The number of aryl methyl sites for hydroxylation is 1. The topological polar surface area (TPSA) is 76.6 Å². The smallest absolute Gasteiger partial charge is 0.229 e. The molecule has 1 aromatic heterocycles. The number of carbonyl (C=O) groups excluding carboxylic acids is 1. The molecule has 2 heterocycles. The van der Waals surface area contributed by atoms with E-state index < -0.39 is 27.4 Å². The number of ether oxygens (including phenoxy) is 1. The van der Waals surface area contributed by atoms with E-state index in [9.17, 15) is 22.0 Å². The number of thiazole rings is 1. The van der Waals surface area contributed by atoms with Crippen molar-refractivity contribution in [2.24, 2.45) is 0 Å². The lowest BCUT2D eigenvalue weighted by Gasteiger charge is -2.23. The van der Waals surface area contributed by atoms with Gasteiger partial charge in [-0.15, -0.1) is 0 Å². The lowest BCUT2D eigenvalue weighted by atomic mass is 10.2. The number of anilines is 1. The highest BCUT2D eigenvalue weighted by atomic mass is 32.2. The molecule has 1 amide bonds. The maximum atomic E-state index is 14.1. The molecule has 170 valence electrons. The summed E-state index contributed by atoms with van der Waals surface area (Å²) in [7, 11) is -3.66. The van der Waals surface area contributed by atoms with Crippen molar-refractivity contribution < 1.29 is 26.7 Å². The van der Waals surface area contributed by atoms with Crippen LogP contribution < -0.4 is 4.90 Å². The first-order chi connectivity index (χ1) is 15.2. The lowest BCUT2D eigenvalue weighted by molar-refractivity contribution is -0.118. The summed E-state index contributed by atoms with van der Waals surface area (Å²) >= 11 is 0.986. The highest BCUT2D eigenvalue weighted by Gasteiger charge is 2.28. The van der Waals surface area contributed by atoms with E-state index in [-0.39, 0.29) is 45.1 Å². The maximum absolute atomic E-state index is 14.1. The van der Waals surface area contributed by atoms with Crippen LogP contribution in [0.3, 0.4) is 0 Å². The van der Waals surface area contributed by atoms with Crippen LogP contribution in [0.2, 0.25) is 0 Å². The number of amides is 1. The lowest BCUT2D eigenvalue weighted by Crippen LogP contribution is -2.38. The van der Waals surface area contributed by atoms with Crippen molar-refractivity contribution in [2.75, 3.05) is 23.8 Å². The van der Waals surface area contributed by atoms with E-state index in [0.29, 0.717) is 6.61 Å². The molecule has 6 nitrogen and oxygen atoms in total. The predicted molar refractivity (Wildman–Crippen MR) is 119 cm³/mol. The molecule has 0 aliphatic carbocycles. The van der Waals surface area contributed by atoms with Crippen molar-refractivity contribution in [3.8, 4) is 0 Å². The minimum Gasteiger partial charge on any atom is -0.376 e. The van der Waals surface area contributed by atoms with Crippen molar-refractivity contribution in [3.63, 3.8) is 0 Å². The molecule has 1 aliphatic rings. The summed E-state index contributed by atoms with van der Waals surface area (Å²) in [6.07, 6.45) is 1.12. The van der Waals surface area contributed by atoms with Gasteiger partial charge in [-0.3, -0.25) is 9.69 Å². The van der Waals surface area contributed by atoms with Crippen LogP contribution in [0, 0.1) is 18.6 Å². The van der Waals surface area contributed by atoms with E-state index >= 15 is 0 Å². The Morgan fingerprint density at radius 1 is 1.25 bits per heavy atom. The van der Waals surface area contributed by atoms with Crippen LogP contribution in [0.5, 0.6) is 0 Å². The number of benzene rings is 2. The molecule has 0 saturated carbocycles. The predicted octanol–water partition coefficient (Wildman–Crippen LogP) is 4.26. The Morgan fingerprint density at radius 3 is 2.69 bits per heavy atom. The van der Waals surface area contributed by atoms with Gasteiger partial charge in [0, 0.05) is 19.1 Å². The zero-order valence-corrected chi connectivity index (χ0v) is 19.0. The van der Waals surface area contributed by atoms with Gasteiger partial charge in [0.25, 0.3) is 0 Å². The van der Waals surface area contributed by atoms with Crippen LogP contribution in [0.25, 0.3) is 10.2 Å². The van der Waals surface area contributed by atoms with Crippen molar-refractivity contribution in [3.05, 3.63) is 53.6 Å². The summed E-state index contributed by atoms with van der Waals surface area (Å²) in [4.78, 5) is 18.8. The Hall–Kier alpha value is -2.43. The quantitative estimate of drug-likeness (QED) is 0.505. The fourth-order valence-corrected chi connectivity index (χ4v) is 5.82. The molecule has 1 saturated heterocycles. The highest BCUT2D eigenvalue weighted by molar-refractivity contribution is 7.91. The van der Waals surface area contributed by atoms with Gasteiger partial charge in [0.1, 0.15) is 11.3 Å². The van der Waals surface area contributed by atoms with Crippen LogP contribution in [-0.4, -0.2) is 44.3 Å². The van der Waals surface area contributed by atoms with E-state index in [0.717, 1.165) is 41.9 Å². The molecule has 1 fully saturated rings. The van der Waals surface area contributed by atoms with Gasteiger partial charge < -0.3 is 4.74 Å². The number of nitrogens with zero attached hydrogens (tertiary/aromatic N) is 2. The first-order valence-corrected chi connectivity index (χ1v) is 12.7. The van der Waals surface area contributed by atoms with Gasteiger partial charge in [-0.1, -0.05) is 29.0 Å². The fourth-order valence-electron chi connectivity index (χ4n) is 3.56. The molecule has 0 bridgehead atoms. The monoisotopic (exact) mass is 480 g/mol. The third-order valence-corrected chi connectivity index (χ3v) is 8.07. The summed E-state index contributed by atoms with van der Waals surface area (Å²) in [5.41, 5.74) is 0.908. The third-order valence-electron chi connectivity index (χ3n) is 5.31. The van der Waals surface area contributed by atoms with Gasteiger partial charge in [-0.25, -0.2) is 22.2 Å². The molecule has 0 radical (unpaired) electrons. The average Bonchev–Trinajstić information content (AvgIpc) is 3.40. The van der Waals surface area contributed by atoms with E-state index in [1.807, 2.05) is 6.92 Å². The molecule has 1 unspecified atom stereocenters. The second kappa shape index (κ2) is 9.21. The van der Waals surface area contributed by atoms with Crippen molar-refractivity contribution in [1.29, 1.82) is 0 Å². The van der Waals surface area contributed by atoms with Crippen LogP contribution in [0.15, 0.2) is 41.3 Å². The van der Waals surface area contributed by atoms with Crippen LogP contribution >= 0.6 is 11.3 Å². The van der Waals surface area contributed by atoms with Crippen LogP contribution in [0.1, 0.15) is 24.8 Å². The Labute approximate surface area is 188 Å². The number of sulfone groups is 1. The highest BCUT2D eigenvalue weighted by Crippen LogP contribution is 2.32. The molecule has 2 aromatic carbocycles. The second-order valence-electron chi connectivity index (χ2n) is 7.75. The van der Waals surface area contributed by atoms with Gasteiger partial charge >= 0.3 is 0 Å². The van der Waals surface area contributed by atoms with E-state index in [1.54, 1.807) is 12.1 Å². The Morgan fingerprint density at radius 2 is 2.00 bits per heavy atom. The van der Waals surface area contributed by atoms with Gasteiger partial charge in [-0.2, -0.15) is 0 Å². The Balaban J connectivity index is 1.58. The molecule has 1 aliphatic heterocycles. The SMILES string of the molecule is Cc1ccc(S(=O)(=O)CCC(=O)N(CC2CCCO2)c2nc3c(F)cc(F)cc3s2)cc1. The zero-order chi connectivity index (χ0) is 22.9. The van der Waals surface area contributed by atoms with Crippen molar-refractivity contribution in [2.45, 2.75) is 37.2 Å². The molecule has 0 spiro atoms. The summed E-state index contributed by atoms with van der Waals surface area (Å²) in [6.45, 7) is 2.61. The van der Waals surface area contributed by atoms with Gasteiger partial charge in [0.05, 0.1) is 28.0 Å². The maximum Gasteiger partial charge on any atom is 0.229 e. The van der Waals surface area contributed by atoms with Gasteiger partial charge in [-0.05, 0) is 38.0 Å². The summed E-state index contributed by atoms with van der Waals surface area (Å²) in [5, 5.41) is 0.192. The number of rotatable bonds is 7. The Kier molecular flexibility index (Phi) is 6.55. The van der Waals surface area contributed by atoms with Crippen molar-refractivity contribution in [1.82, 2.24) is 4.98 Å². The van der Waals surface area contributed by atoms with Crippen molar-refractivity contribution >= 4 is 42.4 Å². The number of aromatic nitrogens is 1. The normalized spacial score (nSPS) is 16.5. The van der Waals surface area contributed by atoms with Crippen LogP contribution in [-0.2, 0) is 19.4 Å². The molecule has 4 rings (SSSR count). The molecular weight excluding hydrogens is 458 g/mol. The van der Waals surface area contributed by atoms with E-state index in [1.165, 1.54) is 17.0 Å². The first kappa shape index (κ1) is 22.8. The first-order valence-electron chi connectivity index (χ1n) is 10.2. The van der Waals surface area contributed by atoms with E-state index in [4.69, 9.17) is 4.74 Å². The zero-order valence-electron chi connectivity index (χ0n) is 17.4. The molecule has 0 N–H and O–H groups in total. The number of hydrogen-bond donors (Lipinski definition) is 0. The fraction of sp³-hybridized carbons (Fsp3) is 0.364. The number of halogens is 2. The number of carbonyl (C=O) groups is 1. The number of hydrogen-bond acceptors (Lipinski definition) is 6. The van der Waals surface area contributed by atoms with E-state index in [2.05, 4.69) is 4.98 Å². The molecule has 10 heteroatoms. The standard InChI is InChI=1S/C22H22F2N2O4S2/c1-14-4-6-17(7-5-14)32(28,29)10-8-20(27)26(13-16-3-2-9-30-16)22-25-21-18(24)11-15(23)12-19(21)31-22/h4-7,11-12,16H,2-3,8-10,13H2,1H3. The summed E-state index contributed by atoms with van der Waals surface area (Å²) in [6, 6.07) is 8.34. The molecular formula is C22H22F2N2O4S2. The van der Waals surface area contributed by atoms with Gasteiger partial charge in [0.15, 0.2) is 20.8 Å². The third kappa shape index (κ3) is 4.97. The molecule has 1 atom stereocenters. The Bertz CT molecular complexity index is 1240. The largest absolute Gasteiger partial charge is 0.376 e. The minimum atomic E-state index is -3.66.